The molecule has 0 radical (unpaired) electrons. The molecule has 1 heterocycles. The van der Waals surface area contributed by atoms with E-state index >= 15 is 0 Å². The Morgan fingerprint density at radius 3 is 2.63 bits per heavy atom. The summed E-state index contributed by atoms with van der Waals surface area (Å²) in [4.78, 5) is 0. The Morgan fingerprint density at radius 1 is 1.32 bits per heavy atom. The molecule has 0 saturated heterocycles. The summed E-state index contributed by atoms with van der Waals surface area (Å²) in [5, 5.41) is 11.7. The third-order valence-corrected chi connectivity index (χ3v) is 3.74. The van der Waals surface area contributed by atoms with Crippen LogP contribution in [0.4, 0.5) is 10.1 Å². The van der Waals surface area contributed by atoms with Crippen LogP contribution in [0.15, 0.2) is 18.2 Å². The topological polar surface area (TPSA) is 69.6 Å². The first-order valence-corrected chi connectivity index (χ1v) is 6.36. The largest absolute Gasteiger partial charge is 0.399 e. The van der Waals surface area contributed by atoms with E-state index in [0.29, 0.717) is 17.1 Å². The Kier molecular flexibility index (Phi) is 3.50. The fourth-order valence-corrected chi connectivity index (χ4v) is 1.98. The minimum Gasteiger partial charge on any atom is -0.399 e. The third kappa shape index (κ3) is 2.30. The minimum absolute atomic E-state index is 0.240. The van der Waals surface area contributed by atoms with E-state index in [4.69, 9.17) is 5.73 Å². The van der Waals surface area contributed by atoms with Crippen LogP contribution in [0.2, 0.25) is 0 Å². The zero-order valence-corrected chi connectivity index (χ0v) is 11.4. The van der Waals surface area contributed by atoms with Gasteiger partial charge in [0.15, 0.2) is 5.82 Å². The zero-order valence-electron chi connectivity index (χ0n) is 11.4. The number of hydrogen-bond acceptors (Lipinski definition) is 4. The van der Waals surface area contributed by atoms with Gasteiger partial charge in [0.2, 0.25) is 0 Å². The van der Waals surface area contributed by atoms with Crippen molar-refractivity contribution in [3.63, 3.8) is 0 Å². The molecule has 0 unspecified atom stereocenters. The number of nitrogens with zero attached hydrogens (tertiary/aromatic N) is 4. The molecule has 0 spiro atoms. The van der Waals surface area contributed by atoms with Gasteiger partial charge >= 0.3 is 0 Å². The second kappa shape index (κ2) is 4.95. The van der Waals surface area contributed by atoms with Crippen LogP contribution in [0.3, 0.4) is 0 Å². The van der Waals surface area contributed by atoms with Crippen molar-refractivity contribution in [2.75, 3.05) is 5.73 Å². The molecule has 6 heteroatoms. The van der Waals surface area contributed by atoms with Crippen molar-refractivity contribution < 1.29 is 4.39 Å². The molecule has 102 valence electrons. The fraction of sp³-hybridized carbons (Fsp3) is 0.462. The molecule has 0 aliphatic carbocycles. The second-order valence-corrected chi connectivity index (χ2v) is 4.86. The highest BCUT2D eigenvalue weighted by Gasteiger charge is 2.28. The molecule has 0 saturated carbocycles. The van der Waals surface area contributed by atoms with Gasteiger partial charge < -0.3 is 5.73 Å². The van der Waals surface area contributed by atoms with Gasteiger partial charge in [-0.05, 0) is 48.4 Å². The number of aromatic nitrogens is 4. The number of nitrogen functional groups attached to an aromatic ring is 1. The number of anilines is 1. The number of hydrogen-bond donors (Lipinski definition) is 1. The van der Waals surface area contributed by atoms with Gasteiger partial charge in [0.1, 0.15) is 5.82 Å². The Balaban J connectivity index is 2.59. The number of nitrogens with two attached hydrogens (primary N) is 1. The first-order valence-electron chi connectivity index (χ1n) is 6.36. The molecule has 2 rings (SSSR count). The Labute approximate surface area is 111 Å². The van der Waals surface area contributed by atoms with Crippen molar-refractivity contribution >= 4 is 5.69 Å². The molecule has 2 aromatic rings. The molecule has 0 aliphatic heterocycles. The molecule has 0 bridgehead atoms. The fourth-order valence-electron chi connectivity index (χ4n) is 1.98. The maximum atomic E-state index is 13.9. The lowest BCUT2D eigenvalue weighted by Gasteiger charge is -2.27. The van der Waals surface area contributed by atoms with Gasteiger partial charge in [-0.1, -0.05) is 13.8 Å². The van der Waals surface area contributed by atoms with Gasteiger partial charge in [-0.2, -0.15) is 0 Å². The van der Waals surface area contributed by atoms with Crippen LogP contribution in [0.1, 0.15) is 33.6 Å². The van der Waals surface area contributed by atoms with Crippen molar-refractivity contribution in [2.45, 2.75) is 39.2 Å². The highest BCUT2D eigenvalue weighted by Crippen LogP contribution is 2.30. The van der Waals surface area contributed by atoms with Crippen molar-refractivity contribution in [1.82, 2.24) is 20.2 Å². The Hall–Kier alpha value is -1.98. The van der Waals surface area contributed by atoms with Crippen LogP contribution < -0.4 is 5.73 Å². The average Bonchev–Trinajstić information content (AvgIpc) is 2.90. The standard InChI is InChI=1S/C13H18FN5/c1-4-13(3,5-2)19-12(16-17-18-19)10-8-9(15)6-7-11(10)14/h6-8H,4-5,15H2,1-3H3. The summed E-state index contributed by atoms with van der Waals surface area (Å²) >= 11 is 0. The van der Waals surface area contributed by atoms with Gasteiger partial charge in [-0.3, -0.25) is 0 Å². The maximum Gasteiger partial charge on any atom is 0.185 e. The van der Waals surface area contributed by atoms with Crippen LogP contribution in [-0.2, 0) is 5.54 Å². The van der Waals surface area contributed by atoms with Gasteiger partial charge in [-0.15, -0.1) is 5.10 Å². The molecule has 0 fully saturated rings. The highest BCUT2D eigenvalue weighted by molar-refractivity contribution is 5.61. The Morgan fingerprint density at radius 2 is 2.00 bits per heavy atom. The zero-order chi connectivity index (χ0) is 14.0. The molecule has 1 aromatic heterocycles. The van der Waals surface area contributed by atoms with E-state index in [1.807, 2.05) is 0 Å². The molecular weight excluding hydrogens is 245 g/mol. The van der Waals surface area contributed by atoms with E-state index in [-0.39, 0.29) is 11.4 Å². The predicted octanol–water partition coefficient (Wildman–Crippen LogP) is 2.60. The number of benzene rings is 1. The molecule has 2 N–H and O–H groups in total. The smallest absolute Gasteiger partial charge is 0.185 e. The lowest BCUT2D eigenvalue weighted by Crippen LogP contribution is -2.30. The van der Waals surface area contributed by atoms with Crippen molar-refractivity contribution in [3.05, 3.63) is 24.0 Å². The number of rotatable bonds is 4. The minimum atomic E-state index is -0.375. The Bertz CT molecular complexity index is 574. The van der Waals surface area contributed by atoms with E-state index in [2.05, 4.69) is 36.3 Å². The lowest BCUT2D eigenvalue weighted by molar-refractivity contribution is 0.262. The van der Waals surface area contributed by atoms with Gasteiger partial charge in [0.25, 0.3) is 0 Å². The van der Waals surface area contributed by atoms with Crippen LogP contribution in [0.25, 0.3) is 11.4 Å². The van der Waals surface area contributed by atoms with Gasteiger partial charge in [-0.25, -0.2) is 9.07 Å². The predicted molar refractivity (Wildman–Crippen MR) is 71.9 cm³/mol. The summed E-state index contributed by atoms with van der Waals surface area (Å²) in [6.45, 7) is 6.17. The number of halogens is 1. The van der Waals surface area contributed by atoms with Crippen molar-refractivity contribution in [1.29, 1.82) is 0 Å². The van der Waals surface area contributed by atoms with Gasteiger partial charge in [0.05, 0.1) is 11.1 Å². The molecule has 1 aromatic carbocycles. The summed E-state index contributed by atoms with van der Waals surface area (Å²) < 4.78 is 15.6. The molecule has 19 heavy (non-hydrogen) atoms. The molecular formula is C13H18FN5. The van der Waals surface area contributed by atoms with E-state index < -0.39 is 0 Å². The first kappa shape index (κ1) is 13.5. The second-order valence-electron chi connectivity index (χ2n) is 4.86. The highest BCUT2D eigenvalue weighted by atomic mass is 19.1. The summed E-state index contributed by atoms with van der Waals surface area (Å²) in [6, 6.07) is 4.41. The molecule has 0 amide bonds. The van der Waals surface area contributed by atoms with Crippen molar-refractivity contribution in [3.8, 4) is 11.4 Å². The summed E-state index contributed by atoms with van der Waals surface area (Å²) in [6.07, 6.45) is 1.71. The first-order chi connectivity index (χ1) is 9.01. The van der Waals surface area contributed by atoms with Crippen molar-refractivity contribution in [2.24, 2.45) is 0 Å². The molecule has 5 nitrogen and oxygen atoms in total. The third-order valence-electron chi connectivity index (χ3n) is 3.74. The van der Waals surface area contributed by atoms with Crippen LogP contribution in [0, 0.1) is 5.82 Å². The number of tetrazole rings is 1. The SMILES string of the molecule is CCC(C)(CC)n1nnnc1-c1cc(N)ccc1F. The van der Waals surface area contributed by atoms with Crippen LogP contribution in [-0.4, -0.2) is 20.2 Å². The quantitative estimate of drug-likeness (QED) is 0.861. The average molecular weight is 263 g/mol. The normalized spacial score (nSPS) is 11.8. The van der Waals surface area contributed by atoms with E-state index in [9.17, 15) is 4.39 Å². The van der Waals surface area contributed by atoms with E-state index in [1.165, 1.54) is 12.1 Å². The lowest BCUT2D eigenvalue weighted by atomic mass is 9.95. The van der Waals surface area contributed by atoms with Crippen LogP contribution >= 0.6 is 0 Å². The summed E-state index contributed by atoms with van der Waals surface area (Å²) in [7, 11) is 0. The monoisotopic (exact) mass is 263 g/mol. The maximum absolute atomic E-state index is 13.9. The van der Waals surface area contributed by atoms with Gasteiger partial charge in [0, 0.05) is 5.69 Å². The summed E-state index contributed by atoms with van der Waals surface area (Å²) in [5.41, 5.74) is 6.29. The van der Waals surface area contributed by atoms with E-state index in [1.54, 1.807) is 10.7 Å². The molecule has 0 atom stereocenters. The van der Waals surface area contributed by atoms with E-state index in [0.717, 1.165) is 12.8 Å². The van der Waals surface area contributed by atoms with Crippen LogP contribution in [0.5, 0.6) is 0 Å². The molecule has 0 aliphatic rings. The summed E-state index contributed by atoms with van der Waals surface area (Å²) in [5.74, 6) is 0.0378.